The van der Waals surface area contributed by atoms with Crippen LogP contribution in [0.3, 0.4) is 0 Å². The SMILES string of the molecule is C.C.CCS(=O)(=O)O[O-].CC[N+](C)(C)CCOC(=O)C(C)(C)CC(C)N1CCCC1=O. The number of quaternary nitrogens is 1. The molecule has 1 unspecified atom stereocenters. The number of carbonyl (C=O) groups excluding carboxylic acids is 2. The lowest BCUT2D eigenvalue weighted by Gasteiger charge is -2.32. The van der Waals surface area contributed by atoms with Crippen LogP contribution in [0.5, 0.6) is 0 Å². The lowest BCUT2D eigenvalue weighted by atomic mass is 9.86. The minimum Gasteiger partial charge on any atom is -0.707 e. The highest BCUT2D eigenvalue weighted by Crippen LogP contribution is 2.28. The molecule has 9 nitrogen and oxygen atoms in total. The molecule has 1 aliphatic rings. The third-order valence-electron chi connectivity index (χ3n) is 5.24. The normalized spacial score (nSPS) is 15.2. The molecule has 0 N–H and O–H groups in total. The molecule has 1 saturated heterocycles. The summed E-state index contributed by atoms with van der Waals surface area (Å²) in [7, 11) is 0.537. The van der Waals surface area contributed by atoms with Gasteiger partial charge in [0.05, 0.1) is 31.8 Å². The first kappa shape index (κ1) is 34.4. The fraction of sp³-hybridized carbons (Fsp3) is 0.905. The number of likely N-dealkylation sites (N-methyl/N-ethyl adjacent to an activating group) is 1. The summed E-state index contributed by atoms with van der Waals surface area (Å²) in [6.07, 6.45) is 2.21. The minimum absolute atomic E-state index is 0. The summed E-state index contributed by atoms with van der Waals surface area (Å²) in [6.45, 7) is 12.4. The van der Waals surface area contributed by atoms with Crippen molar-refractivity contribution in [1.82, 2.24) is 4.90 Å². The quantitative estimate of drug-likeness (QED) is 0.207. The summed E-state index contributed by atoms with van der Waals surface area (Å²) in [5.41, 5.74) is -0.564. The van der Waals surface area contributed by atoms with Crippen LogP contribution in [0.25, 0.3) is 0 Å². The molecule has 0 aliphatic carbocycles. The fourth-order valence-electron chi connectivity index (χ4n) is 2.85. The Balaban J connectivity index is -0.000000754. The number of carbonyl (C=O) groups is 2. The van der Waals surface area contributed by atoms with E-state index >= 15 is 0 Å². The molecule has 0 aromatic rings. The number of rotatable bonds is 10. The lowest BCUT2D eigenvalue weighted by molar-refractivity contribution is -0.888. The molecule has 1 atom stereocenters. The second-order valence-electron chi connectivity index (χ2n) is 8.65. The Morgan fingerprint density at radius 2 is 1.81 bits per heavy atom. The average molecular weight is 471 g/mol. The van der Waals surface area contributed by atoms with Crippen LogP contribution < -0.4 is 5.26 Å². The molecular formula is C21H46N2O7S. The predicted octanol–water partition coefficient (Wildman–Crippen LogP) is 1.95. The Hall–Kier alpha value is -1.23. The molecule has 0 bridgehead atoms. The van der Waals surface area contributed by atoms with Gasteiger partial charge in [0.2, 0.25) is 5.91 Å². The van der Waals surface area contributed by atoms with Gasteiger partial charge in [-0.15, -0.1) is 0 Å². The van der Waals surface area contributed by atoms with Crippen molar-refractivity contribution in [3.63, 3.8) is 0 Å². The van der Waals surface area contributed by atoms with Crippen molar-refractivity contribution in [2.45, 2.75) is 74.8 Å². The van der Waals surface area contributed by atoms with Crippen molar-refractivity contribution in [2.24, 2.45) is 5.41 Å². The van der Waals surface area contributed by atoms with E-state index in [0.717, 1.165) is 30.5 Å². The van der Waals surface area contributed by atoms with E-state index in [9.17, 15) is 18.0 Å². The molecule has 1 rings (SSSR count). The summed E-state index contributed by atoms with van der Waals surface area (Å²) < 4.78 is 28.8. The van der Waals surface area contributed by atoms with Crippen LogP contribution in [0.1, 0.15) is 68.7 Å². The Kier molecular flexibility index (Phi) is 16.4. The van der Waals surface area contributed by atoms with Crippen LogP contribution in [0.15, 0.2) is 0 Å². The van der Waals surface area contributed by atoms with Crippen LogP contribution >= 0.6 is 0 Å². The summed E-state index contributed by atoms with van der Waals surface area (Å²) in [5.74, 6) is -0.225. The maximum Gasteiger partial charge on any atom is 0.311 e. The van der Waals surface area contributed by atoms with E-state index in [1.165, 1.54) is 6.92 Å². The van der Waals surface area contributed by atoms with Gasteiger partial charge < -0.3 is 23.7 Å². The fourth-order valence-corrected chi connectivity index (χ4v) is 2.95. The number of esters is 1. The van der Waals surface area contributed by atoms with Gasteiger partial charge in [0.25, 0.3) is 10.1 Å². The van der Waals surface area contributed by atoms with Crippen LogP contribution in [0, 0.1) is 5.41 Å². The second-order valence-corrected chi connectivity index (χ2v) is 10.5. The van der Waals surface area contributed by atoms with Gasteiger partial charge in [0.15, 0.2) is 0 Å². The molecule has 1 fully saturated rings. The third-order valence-corrected chi connectivity index (χ3v) is 6.16. The Bertz CT molecular complexity index is 624. The first-order valence-corrected chi connectivity index (χ1v) is 11.6. The molecule has 0 spiro atoms. The summed E-state index contributed by atoms with van der Waals surface area (Å²) >= 11 is 0. The molecule has 10 heteroatoms. The molecule has 0 radical (unpaired) electrons. The Morgan fingerprint density at radius 3 is 2.16 bits per heavy atom. The number of amides is 1. The molecule has 0 aromatic heterocycles. The van der Waals surface area contributed by atoms with Crippen LogP contribution in [0.2, 0.25) is 0 Å². The topological polar surface area (TPSA) is 113 Å². The third kappa shape index (κ3) is 13.0. The molecular weight excluding hydrogens is 424 g/mol. The van der Waals surface area contributed by atoms with Gasteiger partial charge in [0.1, 0.15) is 13.2 Å². The Labute approximate surface area is 190 Å². The smallest absolute Gasteiger partial charge is 0.311 e. The van der Waals surface area contributed by atoms with E-state index < -0.39 is 15.5 Å². The van der Waals surface area contributed by atoms with Gasteiger partial charge in [-0.1, -0.05) is 14.9 Å². The van der Waals surface area contributed by atoms with Gasteiger partial charge in [-0.05, 0) is 47.5 Å². The summed E-state index contributed by atoms with van der Waals surface area (Å²) in [6, 6.07) is 0.0837. The lowest BCUT2D eigenvalue weighted by Crippen LogP contribution is -2.43. The zero-order valence-corrected chi connectivity index (χ0v) is 19.7. The summed E-state index contributed by atoms with van der Waals surface area (Å²) in [4.78, 5) is 26.0. The van der Waals surface area contributed by atoms with Crippen molar-refractivity contribution in [3.8, 4) is 0 Å². The monoisotopic (exact) mass is 470 g/mol. The standard InChI is InChI=1S/C17H33N2O3.C2H6O4S.2CH4/c1-7-19(5,6)11-12-22-16(21)17(3,4)13-14(2)18-10-8-9-15(18)20;1-2-7(4,5)6-3;;/h14H,7-13H2,1-6H3;3H,2H2,1H3;2*1H4/q+1;;;/p-1. The van der Waals surface area contributed by atoms with Crippen LogP contribution in [-0.2, 0) is 28.8 Å². The van der Waals surface area contributed by atoms with E-state index in [4.69, 9.17) is 9.99 Å². The minimum atomic E-state index is -3.71. The maximum absolute atomic E-state index is 12.3. The Morgan fingerprint density at radius 1 is 1.26 bits per heavy atom. The van der Waals surface area contributed by atoms with Gasteiger partial charge in [-0.3, -0.25) is 9.59 Å². The zero-order chi connectivity index (χ0) is 22.9. The van der Waals surface area contributed by atoms with Crippen molar-refractivity contribution in [2.75, 3.05) is 46.1 Å². The van der Waals surface area contributed by atoms with Crippen LogP contribution in [-0.4, -0.2) is 81.8 Å². The van der Waals surface area contributed by atoms with E-state index in [-0.39, 0.29) is 38.5 Å². The molecule has 1 amide bonds. The number of hydrogen-bond donors (Lipinski definition) is 0. The van der Waals surface area contributed by atoms with Gasteiger partial charge in [-0.25, -0.2) is 8.42 Å². The highest BCUT2D eigenvalue weighted by atomic mass is 32.2. The van der Waals surface area contributed by atoms with Crippen molar-refractivity contribution in [3.05, 3.63) is 0 Å². The van der Waals surface area contributed by atoms with E-state index in [1.54, 1.807) is 0 Å². The van der Waals surface area contributed by atoms with E-state index in [1.807, 2.05) is 25.7 Å². The van der Waals surface area contributed by atoms with Crippen LogP contribution in [0.4, 0.5) is 0 Å². The zero-order valence-electron chi connectivity index (χ0n) is 18.9. The van der Waals surface area contributed by atoms with E-state index in [2.05, 4.69) is 25.4 Å². The summed E-state index contributed by atoms with van der Waals surface area (Å²) in [5, 5.41) is 9.09. The molecule has 31 heavy (non-hydrogen) atoms. The van der Waals surface area contributed by atoms with Crippen molar-refractivity contribution >= 4 is 22.0 Å². The molecule has 1 aliphatic heterocycles. The molecule has 0 saturated carbocycles. The van der Waals surface area contributed by atoms with Crippen molar-refractivity contribution < 1.29 is 36.8 Å². The van der Waals surface area contributed by atoms with Crippen molar-refractivity contribution in [1.29, 1.82) is 0 Å². The van der Waals surface area contributed by atoms with Gasteiger partial charge >= 0.3 is 5.97 Å². The number of hydrogen-bond acceptors (Lipinski definition) is 7. The first-order valence-electron chi connectivity index (χ1n) is 10.0. The largest absolute Gasteiger partial charge is 0.707 e. The number of nitrogens with zero attached hydrogens (tertiary/aromatic N) is 2. The highest BCUT2D eigenvalue weighted by molar-refractivity contribution is 7.86. The predicted molar refractivity (Wildman–Crippen MR) is 121 cm³/mol. The van der Waals surface area contributed by atoms with E-state index in [0.29, 0.717) is 19.4 Å². The van der Waals surface area contributed by atoms with Gasteiger partial charge in [-0.2, -0.15) is 0 Å². The average Bonchev–Trinajstić information content (AvgIpc) is 3.07. The molecule has 0 aromatic carbocycles. The second kappa shape index (κ2) is 14.8. The molecule has 1 heterocycles. The first-order chi connectivity index (χ1) is 13.2. The highest BCUT2D eigenvalue weighted by Gasteiger charge is 2.35. The molecule has 188 valence electrons. The maximum atomic E-state index is 12.3. The number of ether oxygens (including phenoxy) is 1. The number of likely N-dealkylation sites (tertiary alicyclic amines) is 1. The van der Waals surface area contributed by atoms with Gasteiger partial charge in [0, 0.05) is 19.0 Å².